The first-order valence-electron chi connectivity index (χ1n) is 6.37. The molecule has 8 heteroatoms. The van der Waals surface area contributed by atoms with Crippen molar-refractivity contribution >= 4 is 10.0 Å². The zero-order valence-corrected chi connectivity index (χ0v) is 12.7. The lowest BCUT2D eigenvalue weighted by molar-refractivity contribution is 0.540. The molecule has 0 saturated heterocycles. The summed E-state index contributed by atoms with van der Waals surface area (Å²) in [7, 11) is -1.46. The SMILES string of the molecule is CC(C)NCC(C)S(=O)(=O)NCCc1nncn1C. The molecule has 0 aromatic carbocycles. The maximum Gasteiger partial charge on any atom is 0.215 e. The van der Waals surface area contributed by atoms with E-state index >= 15 is 0 Å². The summed E-state index contributed by atoms with van der Waals surface area (Å²) < 4.78 is 28.3. The third-order valence-corrected chi connectivity index (χ3v) is 4.63. The lowest BCUT2D eigenvalue weighted by atomic mass is 10.3. The fraction of sp³-hybridized carbons (Fsp3) is 0.818. The van der Waals surface area contributed by atoms with Crippen LogP contribution in [-0.2, 0) is 23.5 Å². The molecule has 0 saturated carbocycles. The van der Waals surface area contributed by atoms with Gasteiger partial charge in [-0.05, 0) is 6.92 Å². The van der Waals surface area contributed by atoms with E-state index in [1.807, 2.05) is 20.9 Å². The Morgan fingerprint density at radius 2 is 2.05 bits per heavy atom. The van der Waals surface area contributed by atoms with Crippen LogP contribution in [0.25, 0.3) is 0 Å². The summed E-state index contributed by atoms with van der Waals surface area (Å²) in [5.41, 5.74) is 0. The maximum atomic E-state index is 12.0. The summed E-state index contributed by atoms with van der Waals surface area (Å²) in [4.78, 5) is 0. The second-order valence-corrected chi connectivity index (χ2v) is 7.10. The van der Waals surface area contributed by atoms with Gasteiger partial charge < -0.3 is 9.88 Å². The van der Waals surface area contributed by atoms with Crippen LogP contribution in [0.3, 0.4) is 0 Å². The van der Waals surface area contributed by atoms with Crippen LogP contribution in [0, 0.1) is 0 Å². The molecule has 1 aromatic heterocycles. The Labute approximate surface area is 114 Å². The van der Waals surface area contributed by atoms with Crippen LogP contribution in [-0.4, -0.2) is 47.6 Å². The number of rotatable bonds is 8. The maximum absolute atomic E-state index is 12.0. The molecule has 1 aromatic rings. The van der Waals surface area contributed by atoms with Gasteiger partial charge in [0.05, 0.1) is 5.25 Å². The average Bonchev–Trinajstić information content (AvgIpc) is 2.71. The molecule has 1 unspecified atom stereocenters. The highest BCUT2D eigenvalue weighted by Crippen LogP contribution is 1.99. The highest BCUT2D eigenvalue weighted by molar-refractivity contribution is 7.90. The fourth-order valence-corrected chi connectivity index (χ4v) is 2.48. The number of nitrogens with one attached hydrogen (secondary N) is 2. The second kappa shape index (κ2) is 6.97. The van der Waals surface area contributed by atoms with E-state index in [9.17, 15) is 8.42 Å². The quantitative estimate of drug-likeness (QED) is 0.684. The monoisotopic (exact) mass is 289 g/mol. The van der Waals surface area contributed by atoms with Crippen molar-refractivity contribution in [3.05, 3.63) is 12.2 Å². The number of aryl methyl sites for hydroxylation is 1. The Balaban J connectivity index is 2.40. The minimum absolute atomic E-state index is 0.274. The average molecular weight is 289 g/mol. The van der Waals surface area contributed by atoms with E-state index in [0.29, 0.717) is 19.5 Å². The van der Waals surface area contributed by atoms with E-state index in [1.165, 1.54) is 0 Å². The minimum atomic E-state index is -3.29. The van der Waals surface area contributed by atoms with Gasteiger partial charge in [-0.1, -0.05) is 13.8 Å². The normalized spacial score (nSPS) is 13.9. The van der Waals surface area contributed by atoms with Crippen LogP contribution in [0.4, 0.5) is 0 Å². The fourth-order valence-electron chi connectivity index (χ4n) is 1.49. The van der Waals surface area contributed by atoms with Crippen molar-refractivity contribution in [2.75, 3.05) is 13.1 Å². The number of aromatic nitrogens is 3. The van der Waals surface area contributed by atoms with Crippen molar-refractivity contribution in [3.8, 4) is 0 Å². The van der Waals surface area contributed by atoms with Crippen LogP contribution in [0.5, 0.6) is 0 Å². The lowest BCUT2D eigenvalue weighted by Crippen LogP contribution is -2.41. The van der Waals surface area contributed by atoms with Crippen LogP contribution in [0.15, 0.2) is 6.33 Å². The highest BCUT2D eigenvalue weighted by Gasteiger charge is 2.20. The molecule has 1 atom stereocenters. The summed E-state index contributed by atoms with van der Waals surface area (Å²) >= 11 is 0. The Morgan fingerprint density at radius 1 is 1.37 bits per heavy atom. The standard InChI is InChI=1S/C11H23N5O2S/c1-9(2)12-7-10(3)19(17,18)14-6-5-11-15-13-8-16(11)4/h8-10,12,14H,5-7H2,1-4H3. The summed E-state index contributed by atoms with van der Waals surface area (Å²) in [5, 5.41) is 10.3. The van der Waals surface area contributed by atoms with E-state index in [-0.39, 0.29) is 6.04 Å². The van der Waals surface area contributed by atoms with Crippen molar-refractivity contribution in [2.24, 2.45) is 7.05 Å². The molecule has 2 N–H and O–H groups in total. The molecule has 7 nitrogen and oxygen atoms in total. The van der Waals surface area contributed by atoms with Crippen LogP contribution in [0.1, 0.15) is 26.6 Å². The van der Waals surface area contributed by atoms with Gasteiger partial charge in [0.2, 0.25) is 10.0 Å². The molecule has 0 fully saturated rings. The Hall–Kier alpha value is -0.990. The van der Waals surface area contributed by atoms with E-state index < -0.39 is 15.3 Å². The largest absolute Gasteiger partial charge is 0.321 e. The topological polar surface area (TPSA) is 88.9 Å². The molecule has 0 amide bonds. The molecular weight excluding hydrogens is 266 g/mol. The van der Waals surface area contributed by atoms with Gasteiger partial charge in [-0.25, -0.2) is 13.1 Å². The van der Waals surface area contributed by atoms with Gasteiger partial charge in [0, 0.05) is 32.6 Å². The molecule has 1 rings (SSSR count). The van der Waals surface area contributed by atoms with Crippen molar-refractivity contribution < 1.29 is 8.42 Å². The predicted molar refractivity (Wildman–Crippen MR) is 74.2 cm³/mol. The lowest BCUT2D eigenvalue weighted by Gasteiger charge is -2.16. The first-order valence-corrected chi connectivity index (χ1v) is 7.92. The van der Waals surface area contributed by atoms with E-state index in [0.717, 1.165) is 5.82 Å². The number of hydrogen-bond donors (Lipinski definition) is 2. The molecular formula is C11H23N5O2S. The van der Waals surface area contributed by atoms with Gasteiger partial charge in [0.25, 0.3) is 0 Å². The summed E-state index contributed by atoms with van der Waals surface area (Å²) in [6, 6.07) is 0.274. The molecule has 0 bridgehead atoms. The Bertz CT molecular complexity index is 483. The number of sulfonamides is 1. The summed E-state index contributed by atoms with van der Waals surface area (Å²) in [6.07, 6.45) is 2.12. The zero-order valence-electron chi connectivity index (χ0n) is 11.9. The number of nitrogens with zero attached hydrogens (tertiary/aromatic N) is 3. The highest BCUT2D eigenvalue weighted by atomic mass is 32.2. The van der Waals surface area contributed by atoms with Crippen molar-refractivity contribution in [1.82, 2.24) is 24.8 Å². The van der Waals surface area contributed by atoms with Crippen LogP contribution >= 0.6 is 0 Å². The first kappa shape index (κ1) is 16.1. The van der Waals surface area contributed by atoms with Gasteiger partial charge in [0.1, 0.15) is 12.2 Å². The van der Waals surface area contributed by atoms with E-state index in [1.54, 1.807) is 17.8 Å². The molecule has 110 valence electrons. The smallest absolute Gasteiger partial charge is 0.215 e. The first-order chi connectivity index (χ1) is 8.83. The van der Waals surface area contributed by atoms with E-state index in [2.05, 4.69) is 20.2 Å². The molecule has 0 radical (unpaired) electrons. The van der Waals surface area contributed by atoms with Gasteiger partial charge >= 0.3 is 0 Å². The minimum Gasteiger partial charge on any atom is -0.321 e. The van der Waals surface area contributed by atoms with Crippen LogP contribution in [0.2, 0.25) is 0 Å². The molecule has 0 spiro atoms. The second-order valence-electron chi connectivity index (χ2n) is 4.92. The molecule has 0 aliphatic rings. The van der Waals surface area contributed by atoms with Gasteiger partial charge in [-0.2, -0.15) is 0 Å². The van der Waals surface area contributed by atoms with Crippen molar-refractivity contribution in [2.45, 2.75) is 38.5 Å². The van der Waals surface area contributed by atoms with Crippen molar-refractivity contribution in [3.63, 3.8) is 0 Å². The predicted octanol–water partition coefficient (Wildman–Crippen LogP) is -0.336. The van der Waals surface area contributed by atoms with Crippen molar-refractivity contribution in [1.29, 1.82) is 0 Å². The molecule has 0 aliphatic carbocycles. The third kappa shape index (κ3) is 5.25. The van der Waals surface area contributed by atoms with Gasteiger partial charge in [-0.15, -0.1) is 10.2 Å². The molecule has 19 heavy (non-hydrogen) atoms. The number of hydrogen-bond acceptors (Lipinski definition) is 5. The Kier molecular flexibility index (Phi) is 5.89. The van der Waals surface area contributed by atoms with Crippen LogP contribution < -0.4 is 10.0 Å². The Morgan fingerprint density at radius 3 is 2.58 bits per heavy atom. The zero-order chi connectivity index (χ0) is 14.5. The molecule has 0 aliphatic heterocycles. The van der Waals surface area contributed by atoms with Gasteiger partial charge in [0.15, 0.2) is 0 Å². The van der Waals surface area contributed by atoms with Gasteiger partial charge in [-0.3, -0.25) is 0 Å². The van der Waals surface area contributed by atoms with E-state index in [4.69, 9.17) is 0 Å². The molecule has 1 heterocycles. The summed E-state index contributed by atoms with van der Waals surface area (Å²) in [6.45, 7) is 6.44. The summed E-state index contributed by atoms with van der Waals surface area (Å²) in [5.74, 6) is 0.760. The third-order valence-electron chi connectivity index (χ3n) is 2.80.